The minimum atomic E-state index is -0.0365. The highest BCUT2D eigenvalue weighted by atomic mass is 16.1. The fourth-order valence-corrected chi connectivity index (χ4v) is 3.23. The van der Waals surface area contributed by atoms with Crippen LogP contribution in [0.1, 0.15) is 52.0 Å². The molecule has 2 unspecified atom stereocenters. The van der Waals surface area contributed by atoms with E-state index in [0.717, 1.165) is 31.2 Å². The molecule has 88 valence electrons. The fourth-order valence-electron chi connectivity index (χ4n) is 3.23. The van der Waals surface area contributed by atoms with Gasteiger partial charge in [0.2, 0.25) is 0 Å². The SMILES string of the molecule is Cc1ccc2c(c1)C(=O)C1CCCCC1C2=O. The first kappa shape index (κ1) is 10.7. The minimum Gasteiger partial charge on any atom is -0.294 e. The molecule has 0 spiro atoms. The van der Waals surface area contributed by atoms with Crippen LogP contribution in [0.15, 0.2) is 18.2 Å². The third-order valence-electron chi connectivity index (χ3n) is 4.15. The summed E-state index contributed by atoms with van der Waals surface area (Å²) in [5, 5.41) is 0. The molecule has 1 saturated carbocycles. The molecule has 0 heterocycles. The average Bonchev–Trinajstić information content (AvgIpc) is 2.36. The van der Waals surface area contributed by atoms with Crippen molar-refractivity contribution in [3.05, 3.63) is 34.9 Å². The van der Waals surface area contributed by atoms with Crippen LogP contribution in [0.25, 0.3) is 0 Å². The van der Waals surface area contributed by atoms with Gasteiger partial charge in [0.1, 0.15) is 0 Å². The summed E-state index contributed by atoms with van der Waals surface area (Å²) in [6, 6.07) is 5.63. The maximum atomic E-state index is 12.4. The molecule has 17 heavy (non-hydrogen) atoms. The third-order valence-corrected chi connectivity index (χ3v) is 4.15. The number of fused-ring (bicyclic) bond motifs is 2. The smallest absolute Gasteiger partial charge is 0.167 e. The standard InChI is InChI=1S/C15H16O2/c1-9-6-7-12-13(8-9)15(17)11-5-3-2-4-10(11)14(12)16/h6-8,10-11H,2-5H2,1H3. The number of carbonyl (C=O) groups is 2. The predicted octanol–water partition coefficient (Wildman–Crippen LogP) is 3.18. The molecule has 0 radical (unpaired) electrons. The van der Waals surface area contributed by atoms with E-state index in [2.05, 4.69) is 0 Å². The zero-order valence-corrected chi connectivity index (χ0v) is 10.0. The number of hydrogen-bond acceptors (Lipinski definition) is 2. The van der Waals surface area contributed by atoms with Crippen LogP contribution in [0.5, 0.6) is 0 Å². The first-order chi connectivity index (χ1) is 8.18. The van der Waals surface area contributed by atoms with E-state index in [1.807, 2.05) is 25.1 Å². The van der Waals surface area contributed by atoms with Crippen molar-refractivity contribution in [3.63, 3.8) is 0 Å². The number of carbonyl (C=O) groups excluding carboxylic acids is 2. The molecule has 3 rings (SSSR count). The van der Waals surface area contributed by atoms with Gasteiger partial charge in [-0.3, -0.25) is 9.59 Å². The van der Waals surface area contributed by atoms with Gasteiger partial charge in [-0.1, -0.05) is 30.5 Å². The van der Waals surface area contributed by atoms with Crippen LogP contribution in [0.4, 0.5) is 0 Å². The van der Waals surface area contributed by atoms with E-state index in [0.29, 0.717) is 11.1 Å². The summed E-state index contributed by atoms with van der Waals surface area (Å²) in [6.45, 7) is 1.96. The van der Waals surface area contributed by atoms with Crippen LogP contribution < -0.4 is 0 Å². The number of Topliss-reactive ketones (excluding diaryl/α,β-unsaturated/α-hetero) is 2. The number of rotatable bonds is 0. The quantitative estimate of drug-likeness (QED) is 0.683. The molecule has 1 aromatic rings. The molecule has 2 nitrogen and oxygen atoms in total. The summed E-state index contributed by atoms with van der Waals surface area (Å²) in [5.74, 6) is 0.328. The monoisotopic (exact) mass is 228 g/mol. The van der Waals surface area contributed by atoms with Gasteiger partial charge in [0.05, 0.1) is 0 Å². The predicted molar refractivity (Wildman–Crippen MR) is 65.3 cm³/mol. The molecule has 1 aromatic carbocycles. The Labute approximate surface area is 101 Å². The van der Waals surface area contributed by atoms with E-state index in [1.165, 1.54) is 0 Å². The lowest BCUT2D eigenvalue weighted by Gasteiger charge is -2.34. The average molecular weight is 228 g/mol. The molecule has 0 bridgehead atoms. The summed E-state index contributed by atoms with van der Waals surface area (Å²) in [6.07, 6.45) is 3.95. The topological polar surface area (TPSA) is 34.1 Å². The molecule has 2 heteroatoms. The Balaban J connectivity index is 2.13. The van der Waals surface area contributed by atoms with Gasteiger partial charge in [-0.05, 0) is 25.8 Å². The number of aryl methyl sites for hydroxylation is 1. The Morgan fingerprint density at radius 2 is 1.53 bits per heavy atom. The molecular formula is C15H16O2. The van der Waals surface area contributed by atoms with Gasteiger partial charge in [0.15, 0.2) is 11.6 Å². The first-order valence-corrected chi connectivity index (χ1v) is 6.37. The van der Waals surface area contributed by atoms with E-state index >= 15 is 0 Å². The van der Waals surface area contributed by atoms with Crippen LogP contribution in [-0.2, 0) is 0 Å². The van der Waals surface area contributed by atoms with Crippen molar-refractivity contribution in [2.45, 2.75) is 32.6 Å². The Hall–Kier alpha value is -1.44. The molecular weight excluding hydrogens is 212 g/mol. The van der Waals surface area contributed by atoms with Gasteiger partial charge in [0, 0.05) is 23.0 Å². The largest absolute Gasteiger partial charge is 0.294 e. The first-order valence-electron chi connectivity index (χ1n) is 6.37. The molecule has 0 aliphatic heterocycles. The Morgan fingerprint density at radius 1 is 0.941 bits per heavy atom. The molecule has 2 atom stereocenters. The maximum absolute atomic E-state index is 12.4. The van der Waals surface area contributed by atoms with E-state index in [1.54, 1.807) is 0 Å². The zero-order chi connectivity index (χ0) is 12.0. The summed E-state index contributed by atoms with van der Waals surface area (Å²) in [4.78, 5) is 24.8. The van der Waals surface area contributed by atoms with Gasteiger partial charge in [-0.25, -0.2) is 0 Å². The third kappa shape index (κ3) is 1.54. The van der Waals surface area contributed by atoms with Crippen molar-refractivity contribution in [3.8, 4) is 0 Å². The van der Waals surface area contributed by atoms with Crippen LogP contribution in [-0.4, -0.2) is 11.6 Å². The summed E-state index contributed by atoms with van der Waals surface area (Å²) < 4.78 is 0. The van der Waals surface area contributed by atoms with Gasteiger partial charge < -0.3 is 0 Å². The number of benzene rings is 1. The maximum Gasteiger partial charge on any atom is 0.167 e. The van der Waals surface area contributed by atoms with Crippen LogP contribution in [0.2, 0.25) is 0 Å². The lowest BCUT2D eigenvalue weighted by atomic mass is 9.67. The van der Waals surface area contributed by atoms with E-state index in [-0.39, 0.29) is 23.4 Å². The van der Waals surface area contributed by atoms with Crippen molar-refractivity contribution < 1.29 is 9.59 Å². The second kappa shape index (κ2) is 3.80. The Bertz CT molecular complexity index is 502. The van der Waals surface area contributed by atoms with E-state index in [4.69, 9.17) is 0 Å². The molecule has 0 N–H and O–H groups in total. The minimum absolute atomic E-state index is 0.0357. The van der Waals surface area contributed by atoms with Crippen molar-refractivity contribution in [2.24, 2.45) is 11.8 Å². The van der Waals surface area contributed by atoms with Gasteiger partial charge in [-0.2, -0.15) is 0 Å². The van der Waals surface area contributed by atoms with Crippen LogP contribution >= 0.6 is 0 Å². The van der Waals surface area contributed by atoms with Crippen molar-refractivity contribution in [1.29, 1.82) is 0 Å². The molecule has 2 aliphatic rings. The summed E-state index contributed by atoms with van der Waals surface area (Å²) in [5.41, 5.74) is 2.38. The lowest BCUT2D eigenvalue weighted by Crippen LogP contribution is -2.38. The molecule has 0 saturated heterocycles. The fraction of sp³-hybridized carbons (Fsp3) is 0.467. The second-order valence-electron chi connectivity index (χ2n) is 5.27. The highest BCUT2D eigenvalue weighted by Crippen LogP contribution is 2.39. The van der Waals surface area contributed by atoms with Crippen LogP contribution in [0.3, 0.4) is 0 Å². The lowest BCUT2D eigenvalue weighted by molar-refractivity contribution is 0.0677. The molecule has 2 aliphatic carbocycles. The van der Waals surface area contributed by atoms with Crippen molar-refractivity contribution >= 4 is 11.6 Å². The molecule has 0 aromatic heterocycles. The second-order valence-corrected chi connectivity index (χ2v) is 5.27. The Kier molecular flexibility index (Phi) is 2.39. The summed E-state index contributed by atoms with van der Waals surface area (Å²) >= 11 is 0. The highest BCUT2D eigenvalue weighted by Gasteiger charge is 2.42. The van der Waals surface area contributed by atoms with E-state index in [9.17, 15) is 9.59 Å². The Morgan fingerprint density at radius 3 is 2.18 bits per heavy atom. The van der Waals surface area contributed by atoms with Gasteiger partial charge >= 0.3 is 0 Å². The van der Waals surface area contributed by atoms with Crippen LogP contribution in [0, 0.1) is 18.8 Å². The summed E-state index contributed by atoms with van der Waals surface area (Å²) in [7, 11) is 0. The molecule has 1 fully saturated rings. The normalized spacial score (nSPS) is 27.6. The number of hydrogen-bond donors (Lipinski definition) is 0. The van der Waals surface area contributed by atoms with Gasteiger partial charge in [0.25, 0.3) is 0 Å². The highest BCUT2D eigenvalue weighted by molar-refractivity contribution is 6.16. The van der Waals surface area contributed by atoms with E-state index < -0.39 is 0 Å². The van der Waals surface area contributed by atoms with Crippen molar-refractivity contribution in [2.75, 3.05) is 0 Å². The number of ketones is 2. The van der Waals surface area contributed by atoms with Crippen molar-refractivity contribution in [1.82, 2.24) is 0 Å². The molecule has 0 amide bonds. The zero-order valence-electron chi connectivity index (χ0n) is 10.0. The van der Waals surface area contributed by atoms with Gasteiger partial charge in [-0.15, -0.1) is 0 Å².